The molecule has 178 valence electrons. The van der Waals surface area contributed by atoms with E-state index in [-0.39, 0.29) is 0 Å². The van der Waals surface area contributed by atoms with E-state index >= 15 is 0 Å². The van der Waals surface area contributed by atoms with Gasteiger partial charge in [-0.3, -0.25) is 0 Å². The van der Waals surface area contributed by atoms with Gasteiger partial charge in [-0.2, -0.15) is 0 Å². The van der Waals surface area contributed by atoms with Gasteiger partial charge in [0.2, 0.25) is 0 Å². The fraction of sp³-hybridized carbons (Fsp3) is 0.0286. The van der Waals surface area contributed by atoms with E-state index in [1.165, 1.54) is 0 Å². The molecule has 4 aromatic carbocycles. The maximum atomic E-state index is 5.58. The molecule has 4 rings (SSSR count). The van der Waals surface area contributed by atoms with Crippen LogP contribution in [0, 0.1) is 24.7 Å². The van der Waals surface area contributed by atoms with Crippen molar-refractivity contribution in [2.45, 2.75) is 6.92 Å². The lowest BCUT2D eigenvalue weighted by molar-refractivity contribution is 1.19. The minimum Gasteiger partial charge on any atom is -0.311 e. The Hall–Kier alpha value is -5.18. The van der Waals surface area contributed by atoms with Crippen molar-refractivity contribution in [3.63, 3.8) is 0 Å². The lowest BCUT2D eigenvalue weighted by Crippen LogP contribution is -2.15. The molecule has 0 aliphatic heterocycles. The van der Waals surface area contributed by atoms with Crippen LogP contribution >= 0.6 is 0 Å². The van der Waals surface area contributed by atoms with E-state index in [9.17, 15) is 0 Å². The molecule has 0 radical (unpaired) electrons. The molecular weight excluding hydrogens is 448 g/mol. The number of nitrogens with zero attached hydrogens (tertiary/aromatic N) is 2. The largest absolute Gasteiger partial charge is 0.311 e. The van der Waals surface area contributed by atoms with E-state index in [4.69, 9.17) is 12.8 Å². The van der Waals surface area contributed by atoms with E-state index in [1.807, 2.05) is 85.8 Å². The van der Waals surface area contributed by atoms with Crippen molar-refractivity contribution in [2.24, 2.45) is 0 Å². The van der Waals surface area contributed by atoms with Gasteiger partial charge in [0, 0.05) is 45.3 Å². The van der Waals surface area contributed by atoms with E-state index in [1.54, 1.807) is 6.08 Å². The van der Waals surface area contributed by atoms with Gasteiger partial charge in [-0.25, -0.2) is 0 Å². The van der Waals surface area contributed by atoms with Crippen molar-refractivity contribution < 1.29 is 0 Å². The molecule has 0 aliphatic carbocycles. The number of rotatable bonds is 8. The maximum Gasteiger partial charge on any atom is 0.0463 e. The second-order valence-electron chi connectivity index (χ2n) is 8.21. The number of para-hydroxylation sites is 1. The molecule has 4 aromatic rings. The normalized spacial score (nSPS) is 10.9. The Morgan fingerprint density at radius 3 is 1.54 bits per heavy atom. The summed E-state index contributed by atoms with van der Waals surface area (Å²) >= 11 is 0. The standard InChI is InChI=1S/C35H28N2/c1-5-9-13-30(8-4)36(32-20-16-28(6-2)17-21-32)34-24-26-35(27-25-34)37(31-14-11-10-12-15-31)33-22-18-29(7-3)19-23-33/h2-3,5,8-27H,1H2,4H3/b13-9-,30-8+. The number of hydrogen-bond donors (Lipinski definition) is 0. The van der Waals surface area contributed by atoms with Crippen LogP contribution in [0.4, 0.5) is 28.4 Å². The molecule has 0 saturated heterocycles. The predicted molar refractivity (Wildman–Crippen MR) is 159 cm³/mol. The van der Waals surface area contributed by atoms with Gasteiger partial charge in [-0.05, 0) is 97.9 Å². The van der Waals surface area contributed by atoms with Crippen molar-refractivity contribution in [1.29, 1.82) is 0 Å². The van der Waals surface area contributed by atoms with Crippen LogP contribution < -0.4 is 9.80 Å². The van der Waals surface area contributed by atoms with Crippen LogP contribution in [-0.4, -0.2) is 0 Å². The van der Waals surface area contributed by atoms with Crippen LogP contribution in [0.5, 0.6) is 0 Å². The Kier molecular flexibility index (Phi) is 8.07. The zero-order chi connectivity index (χ0) is 26.0. The summed E-state index contributed by atoms with van der Waals surface area (Å²) in [5, 5.41) is 0. The summed E-state index contributed by atoms with van der Waals surface area (Å²) in [4.78, 5) is 4.41. The van der Waals surface area contributed by atoms with Crippen LogP contribution in [0.1, 0.15) is 18.1 Å². The Balaban J connectivity index is 1.78. The SMILES string of the molecule is C#Cc1ccc(N(C(/C=C\C=C)=C/C)c2ccc(N(c3ccccc3)c3ccc(C#C)cc3)cc2)cc1. The molecule has 0 unspecified atom stereocenters. The highest BCUT2D eigenvalue weighted by molar-refractivity contribution is 5.79. The minimum atomic E-state index is 0.845. The third kappa shape index (κ3) is 5.73. The second kappa shape index (κ2) is 12.0. The molecular formula is C35H28N2. The average Bonchev–Trinajstić information content (AvgIpc) is 2.97. The van der Waals surface area contributed by atoms with E-state index in [2.05, 4.69) is 70.7 Å². The number of anilines is 5. The Labute approximate surface area is 220 Å². The molecule has 0 saturated carbocycles. The second-order valence-corrected chi connectivity index (χ2v) is 8.21. The average molecular weight is 477 g/mol. The first-order chi connectivity index (χ1) is 18.2. The Morgan fingerprint density at radius 1 is 0.649 bits per heavy atom. The van der Waals surface area contributed by atoms with Crippen LogP contribution in [0.25, 0.3) is 0 Å². The number of terminal acetylenes is 2. The van der Waals surface area contributed by atoms with Gasteiger partial charge in [0.1, 0.15) is 0 Å². The quantitative estimate of drug-likeness (QED) is 0.185. The summed E-state index contributed by atoms with van der Waals surface area (Å²) in [5.74, 6) is 5.39. The van der Waals surface area contributed by atoms with Gasteiger partial charge in [0.05, 0.1) is 0 Å². The molecule has 0 heterocycles. The van der Waals surface area contributed by atoms with Gasteiger partial charge in [0.15, 0.2) is 0 Å². The van der Waals surface area contributed by atoms with Gasteiger partial charge in [-0.15, -0.1) is 12.8 Å². The fourth-order valence-electron chi connectivity index (χ4n) is 4.10. The monoisotopic (exact) mass is 476 g/mol. The lowest BCUT2D eigenvalue weighted by atomic mass is 10.1. The highest BCUT2D eigenvalue weighted by atomic mass is 15.2. The summed E-state index contributed by atoms with van der Waals surface area (Å²) in [6.45, 7) is 5.85. The number of allylic oxidation sites excluding steroid dienone is 4. The third-order valence-electron chi connectivity index (χ3n) is 5.92. The first-order valence-corrected chi connectivity index (χ1v) is 12.0. The molecule has 0 aliphatic rings. The van der Waals surface area contributed by atoms with Crippen molar-refractivity contribution in [1.82, 2.24) is 0 Å². The molecule has 2 heteroatoms. The van der Waals surface area contributed by atoms with Crippen LogP contribution in [0.3, 0.4) is 0 Å². The van der Waals surface area contributed by atoms with E-state index in [0.29, 0.717) is 0 Å². The van der Waals surface area contributed by atoms with Crippen LogP contribution in [0.2, 0.25) is 0 Å². The van der Waals surface area contributed by atoms with Crippen LogP contribution in [-0.2, 0) is 0 Å². The minimum absolute atomic E-state index is 0.845. The van der Waals surface area contributed by atoms with Gasteiger partial charge in [-0.1, -0.05) is 54.8 Å². The smallest absolute Gasteiger partial charge is 0.0463 e. The third-order valence-corrected chi connectivity index (χ3v) is 5.92. The summed E-state index contributed by atoms with van der Waals surface area (Å²) in [6.07, 6.45) is 19.0. The predicted octanol–water partition coefficient (Wildman–Crippen LogP) is 8.90. The van der Waals surface area contributed by atoms with E-state index < -0.39 is 0 Å². The van der Waals surface area contributed by atoms with Gasteiger partial charge >= 0.3 is 0 Å². The summed E-state index contributed by atoms with van der Waals surface area (Å²) in [6, 6.07) is 34.8. The molecule has 0 spiro atoms. The molecule has 0 atom stereocenters. The van der Waals surface area contributed by atoms with Crippen LogP contribution in [0.15, 0.2) is 140 Å². The molecule has 0 aromatic heterocycles. The summed E-state index contributed by atoms with van der Waals surface area (Å²) in [5.41, 5.74) is 7.88. The Morgan fingerprint density at radius 2 is 1.08 bits per heavy atom. The zero-order valence-electron chi connectivity index (χ0n) is 20.9. The Bertz CT molecular complexity index is 1480. The number of hydrogen-bond acceptors (Lipinski definition) is 2. The molecule has 0 fully saturated rings. The first kappa shape index (κ1) is 24.9. The van der Waals surface area contributed by atoms with Gasteiger partial charge in [0.25, 0.3) is 0 Å². The first-order valence-electron chi connectivity index (χ1n) is 12.0. The molecule has 0 bridgehead atoms. The molecule has 0 N–H and O–H groups in total. The topological polar surface area (TPSA) is 6.48 Å². The lowest BCUT2D eigenvalue weighted by Gasteiger charge is -2.29. The highest BCUT2D eigenvalue weighted by Gasteiger charge is 2.16. The summed E-state index contributed by atoms with van der Waals surface area (Å²) < 4.78 is 0. The number of benzene rings is 4. The highest BCUT2D eigenvalue weighted by Crippen LogP contribution is 2.37. The van der Waals surface area contributed by atoms with E-state index in [0.717, 1.165) is 45.3 Å². The van der Waals surface area contributed by atoms with Crippen molar-refractivity contribution in [3.8, 4) is 24.7 Å². The fourth-order valence-corrected chi connectivity index (χ4v) is 4.10. The maximum absolute atomic E-state index is 5.58. The molecule has 0 amide bonds. The molecule has 2 nitrogen and oxygen atoms in total. The van der Waals surface area contributed by atoms with Crippen molar-refractivity contribution in [2.75, 3.05) is 9.80 Å². The van der Waals surface area contributed by atoms with Crippen molar-refractivity contribution in [3.05, 3.63) is 151 Å². The molecule has 37 heavy (non-hydrogen) atoms. The van der Waals surface area contributed by atoms with Gasteiger partial charge < -0.3 is 9.80 Å². The van der Waals surface area contributed by atoms with Crippen molar-refractivity contribution >= 4 is 28.4 Å². The summed E-state index contributed by atoms with van der Waals surface area (Å²) in [7, 11) is 0. The zero-order valence-corrected chi connectivity index (χ0v) is 20.9.